The van der Waals surface area contributed by atoms with Crippen molar-refractivity contribution in [1.82, 2.24) is 9.88 Å². The molecular weight excluding hydrogens is 316 g/mol. The van der Waals surface area contributed by atoms with E-state index in [4.69, 9.17) is 4.74 Å². The van der Waals surface area contributed by atoms with Crippen LogP contribution in [0.1, 0.15) is 24.6 Å². The Kier molecular flexibility index (Phi) is 3.71. The molecule has 1 aromatic heterocycles. The Bertz CT molecular complexity index is 936. The normalized spacial score (nSPS) is 21.1. The summed E-state index contributed by atoms with van der Waals surface area (Å²) < 4.78 is 4.81. The lowest BCUT2D eigenvalue weighted by atomic mass is 9.86. The molecule has 0 fully saturated rings. The second-order valence-corrected chi connectivity index (χ2v) is 6.41. The third-order valence-electron chi connectivity index (χ3n) is 5.12. The highest BCUT2D eigenvalue weighted by molar-refractivity contribution is 6.04. The predicted molar refractivity (Wildman–Crippen MR) is 95.6 cm³/mol. The maximum absolute atomic E-state index is 12.9. The van der Waals surface area contributed by atoms with Crippen LogP contribution in [0.3, 0.4) is 0 Å². The molecule has 1 amide bonds. The van der Waals surface area contributed by atoms with Crippen molar-refractivity contribution < 1.29 is 14.3 Å². The molecule has 2 aliphatic rings. The number of nitrogens with one attached hydrogen (secondary N) is 1. The number of carbonyl (C=O) groups is 2. The van der Waals surface area contributed by atoms with Gasteiger partial charge in [0.05, 0.1) is 24.9 Å². The number of nitrogens with zero attached hydrogens (tertiary/aromatic N) is 1. The van der Waals surface area contributed by atoms with Crippen LogP contribution in [0, 0.1) is 5.92 Å². The Morgan fingerprint density at radius 1 is 1.40 bits per heavy atom. The molecule has 2 aliphatic heterocycles. The van der Waals surface area contributed by atoms with E-state index in [0.717, 1.165) is 23.3 Å². The third-order valence-corrected chi connectivity index (χ3v) is 5.12. The Labute approximate surface area is 146 Å². The van der Waals surface area contributed by atoms with Crippen molar-refractivity contribution in [3.63, 3.8) is 0 Å². The topological polar surface area (TPSA) is 62.4 Å². The van der Waals surface area contributed by atoms with Crippen molar-refractivity contribution in [1.29, 1.82) is 0 Å². The van der Waals surface area contributed by atoms with Gasteiger partial charge in [-0.15, -0.1) is 0 Å². The molecule has 0 radical (unpaired) electrons. The number of aromatic nitrogens is 1. The monoisotopic (exact) mass is 336 g/mol. The summed E-state index contributed by atoms with van der Waals surface area (Å²) in [6.07, 6.45) is 4.83. The number of ether oxygens (including phenoxy) is 1. The lowest BCUT2D eigenvalue weighted by molar-refractivity contribution is -0.141. The smallest absolute Gasteiger partial charge is 0.306 e. The van der Waals surface area contributed by atoms with Crippen molar-refractivity contribution >= 4 is 28.5 Å². The minimum atomic E-state index is -0.310. The van der Waals surface area contributed by atoms with Gasteiger partial charge in [0.1, 0.15) is 0 Å². The number of aromatic amines is 1. The number of hydrogen-bond acceptors (Lipinski definition) is 3. The van der Waals surface area contributed by atoms with Crippen LogP contribution in [0.15, 0.2) is 42.0 Å². The van der Waals surface area contributed by atoms with E-state index in [9.17, 15) is 9.59 Å². The third kappa shape index (κ3) is 2.38. The Hall–Kier alpha value is -2.82. The molecule has 4 rings (SSSR count). The Morgan fingerprint density at radius 3 is 2.96 bits per heavy atom. The molecule has 128 valence electrons. The SMILES string of the molecule is C/C=C1/C(=O)N2CCc3c([nH]c4ccccc34)C2=C[C@@H]1CC(=O)OC. The van der Waals surface area contributed by atoms with Gasteiger partial charge in [0.2, 0.25) is 0 Å². The average molecular weight is 336 g/mol. The fraction of sp³-hybridized carbons (Fsp3) is 0.300. The molecule has 1 N–H and O–H groups in total. The van der Waals surface area contributed by atoms with E-state index < -0.39 is 0 Å². The molecule has 1 aromatic carbocycles. The van der Waals surface area contributed by atoms with Gasteiger partial charge in [0.25, 0.3) is 5.91 Å². The number of allylic oxidation sites excluding steroid dienone is 2. The van der Waals surface area contributed by atoms with Crippen LogP contribution in [0.2, 0.25) is 0 Å². The molecule has 25 heavy (non-hydrogen) atoms. The molecule has 2 aromatic rings. The zero-order chi connectivity index (χ0) is 17.6. The number of benzene rings is 1. The number of methoxy groups -OCH3 is 1. The first kappa shape index (κ1) is 15.7. The van der Waals surface area contributed by atoms with Crippen LogP contribution in [0.5, 0.6) is 0 Å². The van der Waals surface area contributed by atoms with Crippen LogP contribution < -0.4 is 0 Å². The van der Waals surface area contributed by atoms with Gasteiger partial charge >= 0.3 is 5.97 Å². The van der Waals surface area contributed by atoms with Crippen LogP contribution in [-0.4, -0.2) is 35.4 Å². The lowest BCUT2D eigenvalue weighted by Crippen LogP contribution is -2.40. The number of para-hydroxylation sites is 1. The molecule has 0 unspecified atom stereocenters. The first-order valence-electron chi connectivity index (χ1n) is 8.50. The van der Waals surface area contributed by atoms with Gasteiger partial charge < -0.3 is 14.6 Å². The number of H-pyrrole nitrogens is 1. The first-order chi connectivity index (χ1) is 12.1. The van der Waals surface area contributed by atoms with Crippen LogP contribution in [0.25, 0.3) is 16.6 Å². The van der Waals surface area contributed by atoms with Gasteiger partial charge in [-0.3, -0.25) is 9.59 Å². The molecule has 0 saturated heterocycles. The molecule has 5 nitrogen and oxygen atoms in total. The van der Waals surface area contributed by atoms with Crippen molar-refractivity contribution in [3.05, 3.63) is 53.2 Å². The summed E-state index contributed by atoms with van der Waals surface area (Å²) in [5.74, 6) is -0.582. The van der Waals surface area contributed by atoms with Gasteiger partial charge in [0, 0.05) is 28.9 Å². The fourth-order valence-corrected chi connectivity index (χ4v) is 3.91. The van der Waals surface area contributed by atoms with E-state index in [-0.39, 0.29) is 24.2 Å². The number of carbonyl (C=O) groups excluding carboxylic acids is 2. The number of hydrogen-bond donors (Lipinski definition) is 1. The molecule has 1 atom stereocenters. The summed E-state index contributed by atoms with van der Waals surface area (Å²) in [6.45, 7) is 2.50. The summed E-state index contributed by atoms with van der Waals surface area (Å²) in [7, 11) is 1.37. The van der Waals surface area contributed by atoms with Gasteiger partial charge in [-0.05, 0) is 25.0 Å². The Morgan fingerprint density at radius 2 is 2.20 bits per heavy atom. The summed E-state index contributed by atoms with van der Waals surface area (Å²) in [6, 6.07) is 8.18. The second kappa shape index (κ2) is 5.92. The summed E-state index contributed by atoms with van der Waals surface area (Å²) in [5.41, 5.74) is 4.84. The second-order valence-electron chi connectivity index (χ2n) is 6.41. The highest BCUT2D eigenvalue weighted by Crippen LogP contribution is 2.39. The summed E-state index contributed by atoms with van der Waals surface area (Å²) in [4.78, 5) is 30.0. The highest BCUT2D eigenvalue weighted by Gasteiger charge is 2.37. The molecular formula is C20H20N2O3. The number of amides is 1. The molecule has 0 aliphatic carbocycles. The largest absolute Gasteiger partial charge is 0.469 e. The maximum atomic E-state index is 12.9. The fourth-order valence-electron chi connectivity index (χ4n) is 3.91. The summed E-state index contributed by atoms with van der Waals surface area (Å²) >= 11 is 0. The standard InChI is InChI=1S/C20H20N2O3/c1-3-13-12(11-18(23)25-2)10-17-19-15(8-9-22(17)20(13)24)14-6-4-5-7-16(14)21-19/h3-7,10,12,21H,8-9,11H2,1-2H3/b13-3+/t12-/m1/s1. The number of esters is 1. The quantitative estimate of drug-likeness (QED) is 0.677. The average Bonchev–Trinajstić information content (AvgIpc) is 3.01. The van der Waals surface area contributed by atoms with Gasteiger partial charge in [-0.1, -0.05) is 30.4 Å². The maximum Gasteiger partial charge on any atom is 0.306 e. The minimum absolute atomic E-state index is 0.0155. The van der Waals surface area contributed by atoms with Crippen molar-refractivity contribution in [2.75, 3.05) is 13.7 Å². The molecule has 0 spiro atoms. The van der Waals surface area contributed by atoms with E-state index in [0.29, 0.717) is 12.1 Å². The zero-order valence-electron chi connectivity index (χ0n) is 14.3. The predicted octanol–water partition coefficient (Wildman–Crippen LogP) is 3.03. The number of fused-ring (bicyclic) bond motifs is 5. The zero-order valence-corrected chi connectivity index (χ0v) is 14.3. The summed E-state index contributed by atoms with van der Waals surface area (Å²) in [5, 5.41) is 1.20. The van der Waals surface area contributed by atoms with E-state index in [1.165, 1.54) is 18.1 Å². The van der Waals surface area contributed by atoms with Crippen molar-refractivity contribution in [3.8, 4) is 0 Å². The van der Waals surface area contributed by atoms with Crippen molar-refractivity contribution in [2.24, 2.45) is 5.92 Å². The van der Waals surface area contributed by atoms with E-state index in [2.05, 4.69) is 11.1 Å². The van der Waals surface area contributed by atoms with Gasteiger partial charge in [0.15, 0.2) is 0 Å². The van der Waals surface area contributed by atoms with Gasteiger partial charge in [-0.2, -0.15) is 0 Å². The lowest BCUT2D eigenvalue weighted by Gasteiger charge is -2.36. The molecule has 0 bridgehead atoms. The molecule has 0 saturated carbocycles. The van der Waals surface area contributed by atoms with E-state index in [1.807, 2.05) is 42.2 Å². The van der Waals surface area contributed by atoms with E-state index in [1.54, 1.807) is 0 Å². The minimum Gasteiger partial charge on any atom is -0.469 e. The number of rotatable bonds is 2. The van der Waals surface area contributed by atoms with Crippen LogP contribution in [-0.2, 0) is 20.7 Å². The van der Waals surface area contributed by atoms with Crippen molar-refractivity contribution in [2.45, 2.75) is 19.8 Å². The highest BCUT2D eigenvalue weighted by atomic mass is 16.5. The van der Waals surface area contributed by atoms with Crippen LogP contribution in [0.4, 0.5) is 0 Å². The van der Waals surface area contributed by atoms with E-state index >= 15 is 0 Å². The first-order valence-corrected chi connectivity index (χ1v) is 8.50. The van der Waals surface area contributed by atoms with Gasteiger partial charge in [-0.25, -0.2) is 0 Å². The molecule has 3 heterocycles. The molecule has 5 heteroatoms. The Balaban J connectivity index is 1.86. The van der Waals surface area contributed by atoms with Crippen LogP contribution >= 0.6 is 0 Å².